The molecule has 0 bridgehead atoms. The zero-order valence-electron chi connectivity index (χ0n) is 16.0. The average Bonchev–Trinajstić information content (AvgIpc) is 2.60. The summed E-state index contributed by atoms with van der Waals surface area (Å²) in [6.45, 7) is 4.93. The van der Waals surface area contributed by atoms with Crippen molar-refractivity contribution >= 4 is 21.9 Å². The van der Waals surface area contributed by atoms with Gasteiger partial charge in [0.2, 0.25) is 0 Å². The minimum absolute atomic E-state index is 0.220. The number of nitrogens with one attached hydrogen (secondary N) is 2. The van der Waals surface area contributed by atoms with E-state index in [0.29, 0.717) is 19.0 Å². The zero-order chi connectivity index (χ0) is 19.3. The lowest BCUT2D eigenvalue weighted by Crippen LogP contribution is -2.52. The highest BCUT2D eigenvalue weighted by atomic mass is 32.2. The number of rotatable bonds is 6. The smallest absolute Gasteiger partial charge is 0.319 e. The van der Waals surface area contributed by atoms with Crippen molar-refractivity contribution in [1.82, 2.24) is 13.9 Å². The van der Waals surface area contributed by atoms with Crippen LogP contribution in [0.25, 0.3) is 0 Å². The summed E-state index contributed by atoms with van der Waals surface area (Å²) in [4.78, 5) is 12.3. The van der Waals surface area contributed by atoms with Crippen LogP contribution in [0.4, 0.5) is 10.5 Å². The molecule has 26 heavy (non-hydrogen) atoms. The van der Waals surface area contributed by atoms with Gasteiger partial charge in [-0.1, -0.05) is 38.5 Å². The first kappa shape index (κ1) is 20.7. The summed E-state index contributed by atoms with van der Waals surface area (Å²) in [5.74, 6) is 0.297. The van der Waals surface area contributed by atoms with Gasteiger partial charge in [0.05, 0.1) is 0 Å². The molecule has 0 saturated carbocycles. The lowest BCUT2D eigenvalue weighted by Gasteiger charge is -2.36. The van der Waals surface area contributed by atoms with Crippen molar-refractivity contribution in [2.24, 2.45) is 0 Å². The Morgan fingerprint density at radius 1 is 1.27 bits per heavy atom. The summed E-state index contributed by atoms with van der Waals surface area (Å²) in [6.07, 6.45) is 2.55. The van der Waals surface area contributed by atoms with Crippen LogP contribution >= 0.6 is 0 Å². The molecular weight excluding hydrogens is 352 g/mol. The molecule has 1 aliphatic heterocycles. The molecule has 1 aromatic rings. The van der Waals surface area contributed by atoms with E-state index >= 15 is 0 Å². The number of amides is 2. The normalized spacial score (nSPS) is 18.9. The van der Waals surface area contributed by atoms with Crippen molar-refractivity contribution in [3.05, 3.63) is 29.8 Å². The molecule has 1 atom stereocenters. The van der Waals surface area contributed by atoms with Crippen LogP contribution in [0.15, 0.2) is 24.3 Å². The third-order valence-corrected chi connectivity index (χ3v) is 6.66. The van der Waals surface area contributed by atoms with Crippen LogP contribution in [0.2, 0.25) is 0 Å². The number of urea groups is 1. The second-order valence-electron chi connectivity index (χ2n) is 7.13. The summed E-state index contributed by atoms with van der Waals surface area (Å²) in [6, 6.07) is 7.16. The maximum Gasteiger partial charge on any atom is 0.319 e. The van der Waals surface area contributed by atoms with Crippen LogP contribution in [-0.2, 0) is 10.2 Å². The first-order valence-corrected chi connectivity index (χ1v) is 10.5. The molecule has 1 heterocycles. The van der Waals surface area contributed by atoms with E-state index < -0.39 is 10.2 Å². The predicted octanol–water partition coefficient (Wildman–Crippen LogP) is 2.59. The fourth-order valence-corrected chi connectivity index (χ4v) is 4.52. The number of piperidine rings is 1. The SMILES string of the molecule is CC(C)c1ccccc1NC(=O)NCC1CCCCN1S(=O)(=O)N(C)C. The standard InChI is InChI=1S/C18H30N4O3S/c1-14(2)16-10-5-6-11-17(16)20-18(23)19-13-15-9-7-8-12-22(15)26(24,25)21(3)4/h5-6,10-11,14-15H,7-9,12-13H2,1-4H3,(H2,19,20,23). The van der Waals surface area contributed by atoms with Crippen molar-refractivity contribution in [2.75, 3.05) is 32.5 Å². The Labute approximate surface area is 156 Å². The van der Waals surface area contributed by atoms with Crippen LogP contribution < -0.4 is 10.6 Å². The van der Waals surface area contributed by atoms with E-state index in [0.717, 1.165) is 30.5 Å². The van der Waals surface area contributed by atoms with E-state index in [1.165, 1.54) is 22.7 Å². The number of para-hydroxylation sites is 1. The van der Waals surface area contributed by atoms with Crippen LogP contribution in [0.1, 0.15) is 44.6 Å². The first-order valence-electron chi connectivity index (χ1n) is 9.06. The van der Waals surface area contributed by atoms with Gasteiger partial charge in [-0.25, -0.2) is 4.79 Å². The van der Waals surface area contributed by atoms with Gasteiger partial charge in [0.15, 0.2) is 0 Å². The molecule has 7 nitrogen and oxygen atoms in total. The Hall–Kier alpha value is -1.64. The lowest BCUT2D eigenvalue weighted by molar-refractivity contribution is 0.225. The van der Waals surface area contributed by atoms with Crippen molar-refractivity contribution in [3.8, 4) is 0 Å². The summed E-state index contributed by atoms with van der Waals surface area (Å²) in [7, 11) is -0.415. The molecule has 0 aliphatic carbocycles. The lowest BCUT2D eigenvalue weighted by atomic mass is 10.0. The van der Waals surface area contributed by atoms with Gasteiger partial charge in [-0.15, -0.1) is 0 Å². The number of hydrogen-bond acceptors (Lipinski definition) is 3. The number of anilines is 1. The highest BCUT2D eigenvalue weighted by Gasteiger charge is 2.33. The van der Waals surface area contributed by atoms with Crippen LogP contribution in [0.3, 0.4) is 0 Å². The van der Waals surface area contributed by atoms with Gasteiger partial charge < -0.3 is 10.6 Å². The zero-order valence-corrected chi connectivity index (χ0v) is 16.8. The van der Waals surface area contributed by atoms with E-state index in [1.807, 2.05) is 24.3 Å². The monoisotopic (exact) mass is 382 g/mol. The van der Waals surface area contributed by atoms with Crippen molar-refractivity contribution in [1.29, 1.82) is 0 Å². The Kier molecular flexibility index (Phi) is 7.02. The molecule has 1 fully saturated rings. The molecule has 146 valence electrons. The molecule has 0 spiro atoms. The van der Waals surface area contributed by atoms with Gasteiger partial charge >= 0.3 is 6.03 Å². The Morgan fingerprint density at radius 2 is 1.96 bits per heavy atom. The van der Waals surface area contributed by atoms with Crippen LogP contribution in [-0.4, -0.2) is 56.3 Å². The van der Waals surface area contributed by atoms with E-state index in [2.05, 4.69) is 24.5 Å². The van der Waals surface area contributed by atoms with E-state index in [-0.39, 0.29) is 12.1 Å². The first-order chi connectivity index (χ1) is 12.2. The third kappa shape index (κ3) is 4.96. The molecule has 8 heteroatoms. The minimum atomic E-state index is -3.48. The highest BCUT2D eigenvalue weighted by molar-refractivity contribution is 7.86. The van der Waals surface area contributed by atoms with E-state index in [1.54, 1.807) is 0 Å². The van der Waals surface area contributed by atoms with Crippen LogP contribution in [0, 0.1) is 0 Å². The summed E-state index contributed by atoms with van der Waals surface area (Å²) in [5, 5.41) is 5.71. The van der Waals surface area contributed by atoms with Gasteiger partial charge in [-0.2, -0.15) is 17.0 Å². The Morgan fingerprint density at radius 3 is 2.62 bits per heavy atom. The van der Waals surface area contributed by atoms with Gasteiger partial charge in [0, 0.05) is 38.9 Å². The molecule has 1 saturated heterocycles. The molecule has 0 aromatic heterocycles. The second kappa shape index (κ2) is 8.83. The molecule has 2 rings (SSSR count). The van der Waals surface area contributed by atoms with Crippen LogP contribution in [0.5, 0.6) is 0 Å². The van der Waals surface area contributed by atoms with Crippen molar-refractivity contribution < 1.29 is 13.2 Å². The van der Waals surface area contributed by atoms with Crippen molar-refractivity contribution in [3.63, 3.8) is 0 Å². The second-order valence-corrected chi connectivity index (χ2v) is 9.22. The Balaban J connectivity index is 2.00. The Bertz CT molecular complexity index is 719. The van der Waals surface area contributed by atoms with E-state index in [9.17, 15) is 13.2 Å². The highest BCUT2D eigenvalue weighted by Crippen LogP contribution is 2.24. The van der Waals surface area contributed by atoms with Gasteiger partial charge in [0.25, 0.3) is 10.2 Å². The summed E-state index contributed by atoms with van der Waals surface area (Å²) >= 11 is 0. The fraction of sp³-hybridized carbons (Fsp3) is 0.611. The van der Waals surface area contributed by atoms with Gasteiger partial charge in [0.1, 0.15) is 0 Å². The molecule has 1 aromatic carbocycles. The topological polar surface area (TPSA) is 81.8 Å². The maximum atomic E-state index is 12.5. The number of benzene rings is 1. The number of nitrogens with zero attached hydrogens (tertiary/aromatic N) is 2. The third-order valence-electron chi connectivity index (χ3n) is 4.66. The summed E-state index contributed by atoms with van der Waals surface area (Å²) < 4.78 is 27.7. The predicted molar refractivity (Wildman–Crippen MR) is 105 cm³/mol. The molecule has 0 radical (unpaired) electrons. The molecule has 2 amide bonds. The number of hydrogen-bond donors (Lipinski definition) is 2. The molecule has 2 N–H and O–H groups in total. The van der Waals surface area contributed by atoms with Gasteiger partial charge in [-0.3, -0.25) is 0 Å². The molecular formula is C18H30N4O3S. The van der Waals surface area contributed by atoms with Crippen molar-refractivity contribution in [2.45, 2.75) is 45.1 Å². The van der Waals surface area contributed by atoms with Gasteiger partial charge in [-0.05, 0) is 30.4 Å². The largest absolute Gasteiger partial charge is 0.336 e. The molecule has 1 unspecified atom stereocenters. The number of carbonyl (C=O) groups excluding carboxylic acids is 1. The number of carbonyl (C=O) groups is 1. The minimum Gasteiger partial charge on any atom is -0.336 e. The molecule has 1 aliphatic rings. The maximum absolute atomic E-state index is 12.5. The quantitative estimate of drug-likeness (QED) is 0.793. The average molecular weight is 383 g/mol. The van der Waals surface area contributed by atoms with E-state index in [4.69, 9.17) is 0 Å². The summed E-state index contributed by atoms with van der Waals surface area (Å²) in [5.41, 5.74) is 1.85. The fourth-order valence-electron chi connectivity index (χ4n) is 3.18.